The van der Waals surface area contributed by atoms with Gasteiger partial charge >= 0.3 is 6.09 Å². The molecule has 1 heterocycles. The second-order valence-corrected chi connectivity index (χ2v) is 5.56. The maximum Gasteiger partial charge on any atom is 0.410 e. The van der Waals surface area contributed by atoms with E-state index in [0.29, 0.717) is 0 Å². The van der Waals surface area contributed by atoms with Crippen LogP contribution in [0.3, 0.4) is 0 Å². The van der Waals surface area contributed by atoms with Crippen LogP contribution in [0.5, 0.6) is 0 Å². The van der Waals surface area contributed by atoms with Gasteiger partial charge in [-0.25, -0.2) is 13.6 Å². The molecule has 7 heteroatoms. The second kappa shape index (κ2) is 6.00. The van der Waals surface area contributed by atoms with Crippen molar-refractivity contribution in [2.24, 2.45) is 5.73 Å². The molecule has 5 nitrogen and oxygen atoms in total. The van der Waals surface area contributed by atoms with Gasteiger partial charge in [-0.3, -0.25) is 4.90 Å². The monoisotopic (exact) mass is 280 g/mol. The normalized spacial score (nSPS) is 21.4. The summed E-state index contributed by atoms with van der Waals surface area (Å²) in [5.41, 5.74) is 4.47. The molecule has 0 spiro atoms. The number of rotatable bonds is 3. The molecule has 1 aliphatic heterocycles. The molecule has 0 aromatic carbocycles. The first kappa shape index (κ1) is 16.1. The lowest BCUT2D eigenvalue weighted by atomic mass is 10.0. The number of nitrogens with zero attached hydrogens (tertiary/aromatic N) is 1. The summed E-state index contributed by atoms with van der Waals surface area (Å²) in [5.74, 6) is -3.08. The summed E-state index contributed by atoms with van der Waals surface area (Å²) in [6.45, 7) is 5.06. The third-order valence-electron chi connectivity index (χ3n) is 2.72. The molecule has 0 radical (unpaired) electrons. The van der Waals surface area contributed by atoms with Gasteiger partial charge in [0.05, 0.1) is 13.2 Å². The average Bonchev–Trinajstić information content (AvgIpc) is 2.26. The molecule has 19 heavy (non-hydrogen) atoms. The SMILES string of the molecule is CC(C)(C)OC(=O)N1CCOCC1C(F)(F)CCN. The Kier molecular flexibility index (Phi) is 5.09. The Morgan fingerprint density at radius 3 is 2.63 bits per heavy atom. The van der Waals surface area contributed by atoms with Crippen LogP contribution in [0.15, 0.2) is 0 Å². The zero-order valence-corrected chi connectivity index (χ0v) is 11.6. The van der Waals surface area contributed by atoms with Crippen LogP contribution in [0.4, 0.5) is 13.6 Å². The second-order valence-electron chi connectivity index (χ2n) is 5.56. The van der Waals surface area contributed by atoms with Crippen molar-refractivity contribution in [1.29, 1.82) is 0 Å². The summed E-state index contributed by atoms with van der Waals surface area (Å²) in [7, 11) is 0. The summed E-state index contributed by atoms with van der Waals surface area (Å²) in [5, 5.41) is 0. The molecule has 0 saturated carbocycles. The summed E-state index contributed by atoms with van der Waals surface area (Å²) in [6.07, 6.45) is -1.22. The van der Waals surface area contributed by atoms with E-state index in [1.807, 2.05) is 0 Å². The van der Waals surface area contributed by atoms with Gasteiger partial charge in [-0.15, -0.1) is 0 Å². The molecule has 1 aliphatic rings. The Hall–Kier alpha value is -0.950. The standard InChI is InChI=1S/C12H22F2N2O3/c1-11(2,3)19-10(17)16-6-7-18-8-9(16)12(13,14)4-5-15/h9H,4-8,15H2,1-3H3. The lowest BCUT2D eigenvalue weighted by Gasteiger charge is -2.40. The first-order valence-corrected chi connectivity index (χ1v) is 6.32. The van der Waals surface area contributed by atoms with E-state index in [-0.39, 0.29) is 26.3 Å². The highest BCUT2D eigenvalue weighted by molar-refractivity contribution is 5.68. The molecular weight excluding hydrogens is 258 g/mol. The van der Waals surface area contributed by atoms with E-state index in [1.54, 1.807) is 20.8 Å². The molecule has 0 aliphatic carbocycles. The number of carbonyl (C=O) groups excluding carboxylic acids is 1. The molecule has 0 aromatic heterocycles. The van der Waals surface area contributed by atoms with Crippen LogP contribution in [0.2, 0.25) is 0 Å². The average molecular weight is 280 g/mol. The zero-order valence-electron chi connectivity index (χ0n) is 11.6. The predicted molar refractivity (Wildman–Crippen MR) is 66.2 cm³/mol. The van der Waals surface area contributed by atoms with Crippen LogP contribution >= 0.6 is 0 Å². The lowest BCUT2D eigenvalue weighted by molar-refractivity contribution is -0.134. The Morgan fingerprint density at radius 2 is 2.11 bits per heavy atom. The highest BCUT2D eigenvalue weighted by Gasteiger charge is 2.46. The van der Waals surface area contributed by atoms with Crippen LogP contribution in [-0.2, 0) is 9.47 Å². The minimum absolute atomic E-state index is 0.0970. The fraction of sp³-hybridized carbons (Fsp3) is 0.917. The topological polar surface area (TPSA) is 64.8 Å². The third-order valence-corrected chi connectivity index (χ3v) is 2.72. The van der Waals surface area contributed by atoms with Crippen molar-refractivity contribution in [3.63, 3.8) is 0 Å². The Labute approximate surface area is 112 Å². The number of alkyl halides is 2. The molecule has 1 amide bonds. The molecule has 1 fully saturated rings. The molecule has 2 N–H and O–H groups in total. The maximum absolute atomic E-state index is 13.9. The van der Waals surface area contributed by atoms with Gasteiger partial charge in [0.2, 0.25) is 0 Å². The fourth-order valence-electron chi connectivity index (χ4n) is 1.85. The van der Waals surface area contributed by atoms with Crippen molar-refractivity contribution in [2.75, 3.05) is 26.3 Å². The van der Waals surface area contributed by atoms with Gasteiger partial charge < -0.3 is 15.2 Å². The van der Waals surface area contributed by atoms with Crippen LogP contribution in [0, 0.1) is 0 Å². The van der Waals surface area contributed by atoms with Crippen LogP contribution < -0.4 is 5.73 Å². The summed E-state index contributed by atoms with van der Waals surface area (Å²) in [4.78, 5) is 13.0. The van der Waals surface area contributed by atoms with E-state index < -0.39 is 30.1 Å². The number of carbonyl (C=O) groups is 1. The molecule has 1 rings (SSSR count). The van der Waals surface area contributed by atoms with Crippen molar-refractivity contribution < 1.29 is 23.0 Å². The number of nitrogens with two attached hydrogens (primary N) is 1. The maximum atomic E-state index is 13.9. The Bertz CT molecular complexity index is 319. The van der Waals surface area contributed by atoms with Gasteiger partial charge in [-0.2, -0.15) is 0 Å². The zero-order chi connectivity index (χ0) is 14.7. The fourth-order valence-corrected chi connectivity index (χ4v) is 1.85. The largest absolute Gasteiger partial charge is 0.444 e. The van der Waals surface area contributed by atoms with Crippen molar-refractivity contribution in [2.45, 2.75) is 44.8 Å². The number of halogens is 2. The van der Waals surface area contributed by atoms with E-state index in [0.717, 1.165) is 4.90 Å². The summed E-state index contributed by atoms with van der Waals surface area (Å²) < 4.78 is 38.1. The number of hydrogen-bond acceptors (Lipinski definition) is 4. The lowest BCUT2D eigenvalue weighted by Crippen LogP contribution is -2.58. The highest BCUT2D eigenvalue weighted by Crippen LogP contribution is 2.29. The summed E-state index contributed by atoms with van der Waals surface area (Å²) >= 11 is 0. The van der Waals surface area contributed by atoms with Crippen molar-refractivity contribution in [1.82, 2.24) is 4.90 Å². The minimum Gasteiger partial charge on any atom is -0.444 e. The Balaban J connectivity index is 2.80. The van der Waals surface area contributed by atoms with Crippen LogP contribution in [0.1, 0.15) is 27.2 Å². The molecule has 0 bridgehead atoms. The Morgan fingerprint density at radius 1 is 1.47 bits per heavy atom. The van der Waals surface area contributed by atoms with E-state index in [1.165, 1.54) is 0 Å². The minimum atomic E-state index is -3.08. The van der Waals surface area contributed by atoms with Gasteiger partial charge in [0.1, 0.15) is 11.6 Å². The molecular formula is C12H22F2N2O3. The predicted octanol–water partition coefficient (Wildman–Crippen LogP) is 1.61. The number of hydrogen-bond donors (Lipinski definition) is 1. The van der Waals surface area contributed by atoms with Gasteiger partial charge in [0, 0.05) is 13.0 Å². The van der Waals surface area contributed by atoms with Crippen molar-refractivity contribution >= 4 is 6.09 Å². The number of ether oxygens (including phenoxy) is 2. The molecule has 0 aromatic rings. The van der Waals surface area contributed by atoms with Crippen molar-refractivity contribution in [3.8, 4) is 0 Å². The quantitative estimate of drug-likeness (QED) is 0.853. The first-order valence-electron chi connectivity index (χ1n) is 6.32. The van der Waals surface area contributed by atoms with Crippen LogP contribution in [-0.4, -0.2) is 54.9 Å². The highest BCUT2D eigenvalue weighted by atomic mass is 19.3. The molecule has 1 saturated heterocycles. The smallest absolute Gasteiger partial charge is 0.410 e. The first-order chi connectivity index (χ1) is 8.67. The van der Waals surface area contributed by atoms with E-state index in [9.17, 15) is 13.6 Å². The van der Waals surface area contributed by atoms with Crippen LogP contribution in [0.25, 0.3) is 0 Å². The third kappa shape index (κ3) is 4.58. The van der Waals surface area contributed by atoms with E-state index in [2.05, 4.69) is 0 Å². The van der Waals surface area contributed by atoms with Gasteiger partial charge in [0.15, 0.2) is 0 Å². The van der Waals surface area contributed by atoms with E-state index >= 15 is 0 Å². The molecule has 1 atom stereocenters. The van der Waals surface area contributed by atoms with Gasteiger partial charge in [-0.1, -0.05) is 0 Å². The van der Waals surface area contributed by atoms with E-state index in [4.69, 9.17) is 15.2 Å². The molecule has 1 unspecified atom stereocenters. The summed E-state index contributed by atoms with van der Waals surface area (Å²) in [6, 6.07) is -1.32. The van der Waals surface area contributed by atoms with Crippen molar-refractivity contribution in [3.05, 3.63) is 0 Å². The van der Waals surface area contributed by atoms with Gasteiger partial charge in [-0.05, 0) is 27.3 Å². The molecule has 112 valence electrons. The number of morpholine rings is 1. The number of amides is 1. The van der Waals surface area contributed by atoms with Gasteiger partial charge in [0.25, 0.3) is 5.92 Å².